The first-order chi connectivity index (χ1) is 6.68. The SMILES string of the molecule is Fc1cc(C2CCCO2)cc(F)c1F. The number of rotatable bonds is 1. The van der Waals surface area contributed by atoms with Gasteiger partial charge in [0.05, 0.1) is 6.10 Å². The van der Waals surface area contributed by atoms with E-state index in [4.69, 9.17) is 4.74 Å². The maximum Gasteiger partial charge on any atom is 0.194 e. The monoisotopic (exact) mass is 202 g/mol. The van der Waals surface area contributed by atoms with Crippen LogP contribution in [0.2, 0.25) is 0 Å². The first-order valence-electron chi connectivity index (χ1n) is 4.44. The molecule has 14 heavy (non-hydrogen) atoms. The fourth-order valence-electron chi connectivity index (χ4n) is 1.60. The Morgan fingerprint density at radius 1 is 1.14 bits per heavy atom. The van der Waals surface area contributed by atoms with E-state index >= 15 is 0 Å². The number of ether oxygens (including phenoxy) is 1. The van der Waals surface area contributed by atoms with Gasteiger partial charge >= 0.3 is 0 Å². The normalized spacial score (nSPS) is 21.5. The molecule has 0 bridgehead atoms. The van der Waals surface area contributed by atoms with Crippen LogP contribution in [0.1, 0.15) is 24.5 Å². The lowest BCUT2D eigenvalue weighted by Crippen LogP contribution is -2.00. The molecular formula is C10H9F3O. The predicted octanol–water partition coefficient (Wildman–Crippen LogP) is 2.96. The first kappa shape index (κ1) is 9.52. The molecular weight excluding hydrogens is 193 g/mol. The van der Waals surface area contributed by atoms with Crippen molar-refractivity contribution in [2.75, 3.05) is 6.61 Å². The summed E-state index contributed by atoms with van der Waals surface area (Å²) >= 11 is 0. The van der Waals surface area contributed by atoms with Crippen molar-refractivity contribution in [2.45, 2.75) is 18.9 Å². The number of benzene rings is 1. The maximum absolute atomic E-state index is 12.8. The largest absolute Gasteiger partial charge is 0.374 e. The average Bonchev–Trinajstić information content (AvgIpc) is 2.66. The molecule has 1 aliphatic heterocycles. The Labute approximate surface area is 79.5 Å². The van der Waals surface area contributed by atoms with Crippen molar-refractivity contribution in [3.05, 3.63) is 35.1 Å². The molecule has 1 aliphatic rings. The number of halogens is 3. The molecule has 1 unspecified atom stereocenters. The average molecular weight is 202 g/mol. The summed E-state index contributed by atoms with van der Waals surface area (Å²) in [5.74, 6) is -3.74. The van der Waals surface area contributed by atoms with E-state index in [1.165, 1.54) is 0 Å². The van der Waals surface area contributed by atoms with Gasteiger partial charge in [-0.05, 0) is 30.5 Å². The minimum atomic E-state index is -1.42. The second-order valence-electron chi connectivity index (χ2n) is 3.30. The third kappa shape index (κ3) is 1.62. The molecule has 1 fully saturated rings. The van der Waals surface area contributed by atoms with E-state index in [1.54, 1.807) is 0 Å². The molecule has 4 heteroatoms. The smallest absolute Gasteiger partial charge is 0.194 e. The Morgan fingerprint density at radius 2 is 1.79 bits per heavy atom. The van der Waals surface area contributed by atoms with Crippen molar-refractivity contribution >= 4 is 0 Å². The lowest BCUT2D eigenvalue weighted by Gasteiger charge is -2.09. The van der Waals surface area contributed by atoms with Crippen molar-refractivity contribution in [3.8, 4) is 0 Å². The highest BCUT2D eigenvalue weighted by Gasteiger charge is 2.21. The van der Waals surface area contributed by atoms with Crippen molar-refractivity contribution in [3.63, 3.8) is 0 Å². The molecule has 0 amide bonds. The molecule has 0 aliphatic carbocycles. The Morgan fingerprint density at radius 3 is 2.29 bits per heavy atom. The van der Waals surface area contributed by atoms with Gasteiger partial charge in [0.15, 0.2) is 17.5 Å². The molecule has 1 heterocycles. The Balaban J connectivity index is 2.34. The van der Waals surface area contributed by atoms with Gasteiger partial charge in [0.2, 0.25) is 0 Å². The summed E-state index contributed by atoms with van der Waals surface area (Å²) in [4.78, 5) is 0. The zero-order valence-electron chi connectivity index (χ0n) is 7.40. The number of hydrogen-bond acceptors (Lipinski definition) is 1. The summed E-state index contributed by atoms with van der Waals surface area (Å²) in [5.41, 5.74) is 0.374. The molecule has 76 valence electrons. The van der Waals surface area contributed by atoms with Crippen molar-refractivity contribution in [1.82, 2.24) is 0 Å². The third-order valence-electron chi connectivity index (χ3n) is 2.31. The predicted molar refractivity (Wildman–Crippen MR) is 44.2 cm³/mol. The first-order valence-corrected chi connectivity index (χ1v) is 4.44. The molecule has 1 aromatic carbocycles. The van der Waals surface area contributed by atoms with Crippen LogP contribution in [0.3, 0.4) is 0 Å². The van der Waals surface area contributed by atoms with Gasteiger partial charge in [0, 0.05) is 6.61 Å². The summed E-state index contributed by atoms with van der Waals surface area (Å²) in [6.07, 6.45) is 1.30. The van der Waals surface area contributed by atoms with Gasteiger partial charge in [-0.1, -0.05) is 0 Å². The molecule has 0 N–H and O–H groups in total. The van der Waals surface area contributed by atoms with Crippen LogP contribution >= 0.6 is 0 Å². The van der Waals surface area contributed by atoms with Crippen LogP contribution in [0.15, 0.2) is 12.1 Å². The van der Waals surface area contributed by atoms with Crippen LogP contribution in [0.4, 0.5) is 13.2 Å². The van der Waals surface area contributed by atoms with E-state index in [9.17, 15) is 13.2 Å². The molecule has 1 atom stereocenters. The van der Waals surface area contributed by atoms with Crippen molar-refractivity contribution in [2.24, 2.45) is 0 Å². The molecule has 0 spiro atoms. The zero-order chi connectivity index (χ0) is 10.1. The van der Waals surface area contributed by atoms with Crippen LogP contribution in [0.5, 0.6) is 0 Å². The highest BCUT2D eigenvalue weighted by atomic mass is 19.2. The van der Waals surface area contributed by atoms with E-state index in [0.29, 0.717) is 12.2 Å². The zero-order valence-corrected chi connectivity index (χ0v) is 7.40. The van der Waals surface area contributed by atoms with Crippen LogP contribution in [-0.2, 0) is 4.74 Å². The summed E-state index contributed by atoms with van der Waals surface area (Å²) in [6.45, 7) is 0.589. The second-order valence-corrected chi connectivity index (χ2v) is 3.30. The van der Waals surface area contributed by atoms with Gasteiger partial charge in [0.25, 0.3) is 0 Å². The number of hydrogen-bond donors (Lipinski definition) is 0. The van der Waals surface area contributed by atoms with E-state index in [0.717, 1.165) is 25.0 Å². The highest BCUT2D eigenvalue weighted by molar-refractivity contribution is 5.22. The fraction of sp³-hybridized carbons (Fsp3) is 0.400. The third-order valence-corrected chi connectivity index (χ3v) is 2.31. The summed E-state index contributed by atoms with van der Waals surface area (Å²) in [7, 11) is 0. The summed E-state index contributed by atoms with van der Waals surface area (Å²) < 4.78 is 43.5. The Bertz CT molecular complexity index is 322. The summed E-state index contributed by atoms with van der Waals surface area (Å²) in [5, 5.41) is 0. The molecule has 0 aromatic heterocycles. The van der Waals surface area contributed by atoms with E-state index in [2.05, 4.69) is 0 Å². The lowest BCUT2D eigenvalue weighted by molar-refractivity contribution is 0.111. The van der Waals surface area contributed by atoms with E-state index in [-0.39, 0.29) is 6.10 Å². The van der Waals surface area contributed by atoms with Gasteiger partial charge in [-0.15, -0.1) is 0 Å². The topological polar surface area (TPSA) is 9.23 Å². The van der Waals surface area contributed by atoms with E-state index in [1.807, 2.05) is 0 Å². The van der Waals surface area contributed by atoms with Crippen LogP contribution in [-0.4, -0.2) is 6.61 Å². The minimum absolute atomic E-state index is 0.292. The maximum atomic E-state index is 12.8. The molecule has 2 rings (SSSR count). The van der Waals surface area contributed by atoms with Gasteiger partial charge in [-0.3, -0.25) is 0 Å². The van der Waals surface area contributed by atoms with Gasteiger partial charge in [0.1, 0.15) is 0 Å². The van der Waals surface area contributed by atoms with Crippen molar-refractivity contribution < 1.29 is 17.9 Å². The lowest BCUT2D eigenvalue weighted by atomic mass is 10.1. The second kappa shape index (κ2) is 3.61. The standard InChI is InChI=1S/C10H9F3O/c11-7-4-6(5-8(12)10(7)13)9-2-1-3-14-9/h4-5,9H,1-3H2. The molecule has 0 radical (unpaired) electrons. The molecule has 1 saturated heterocycles. The molecule has 1 aromatic rings. The Hall–Kier alpha value is -1.03. The summed E-state index contributed by atoms with van der Waals surface area (Å²) in [6, 6.07) is 1.99. The molecule has 1 nitrogen and oxygen atoms in total. The van der Waals surface area contributed by atoms with Crippen LogP contribution in [0, 0.1) is 17.5 Å². The molecule has 0 saturated carbocycles. The van der Waals surface area contributed by atoms with Crippen LogP contribution < -0.4 is 0 Å². The quantitative estimate of drug-likeness (QED) is 0.636. The van der Waals surface area contributed by atoms with E-state index < -0.39 is 17.5 Å². The van der Waals surface area contributed by atoms with Crippen LogP contribution in [0.25, 0.3) is 0 Å². The fourth-order valence-corrected chi connectivity index (χ4v) is 1.60. The van der Waals surface area contributed by atoms with Crippen molar-refractivity contribution in [1.29, 1.82) is 0 Å². The highest BCUT2D eigenvalue weighted by Crippen LogP contribution is 2.30. The van der Waals surface area contributed by atoms with Gasteiger partial charge in [-0.2, -0.15) is 0 Å². The Kier molecular flexibility index (Phi) is 2.46. The minimum Gasteiger partial charge on any atom is -0.374 e. The van der Waals surface area contributed by atoms with Gasteiger partial charge in [-0.25, -0.2) is 13.2 Å². The van der Waals surface area contributed by atoms with Gasteiger partial charge < -0.3 is 4.74 Å².